The lowest BCUT2D eigenvalue weighted by Crippen LogP contribution is -1.97. The van der Waals surface area contributed by atoms with Gasteiger partial charge in [-0.2, -0.15) is 0 Å². The standard InChI is InChI=1S/C19H16O5/c1-21-16-8-12-7-13(19(20)14(12)9-17(16)22-2)5-11-3-4-15-18(6-11)24-10-23-15/h3-6,8-9H,7,10H2,1-2H3. The van der Waals surface area contributed by atoms with Gasteiger partial charge in [0.15, 0.2) is 28.8 Å². The van der Waals surface area contributed by atoms with Gasteiger partial charge >= 0.3 is 0 Å². The first-order valence-corrected chi connectivity index (χ1v) is 7.59. The van der Waals surface area contributed by atoms with Crippen molar-refractivity contribution in [2.24, 2.45) is 0 Å². The first-order chi connectivity index (χ1) is 11.7. The molecule has 4 rings (SSSR count). The van der Waals surface area contributed by atoms with E-state index in [1.54, 1.807) is 20.3 Å². The Hall–Kier alpha value is -2.95. The Morgan fingerprint density at radius 1 is 1.00 bits per heavy atom. The molecule has 1 aliphatic heterocycles. The van der Waals surface area contributed by atoms with E-state index < -0.39 is 0 Å². The Kier molecular flexibility index (Phi) is 3.41. The maximum absolute atomic E-state index is 12.7. The summed E-state index contributed by atoms with van der Waals surface area (Å²) >= 11 is 0. The number of ketones is 1. The van der Waals surface area contributed by atoms with Crippen LogP contribution in [0, 0.1) is 0 Å². The summed E-state index contributed by atoms with van der Waals surface area (Å²) in [6, 6.07) is 9.27. The van der Waals surface area contributed by atoms with Gasteiger partial charge in [0, 0.05) is 17.6 Å². The van der Waals surface area contributed by atoms with Crippen molar-refractivity contribution in [2.75, 3.05) is 21.0 Å². The van der Waals surface area contributed by atoms with E-state index in [9.17, 15) is 4.79 Å². The van der Waals surface area contributed by atoms with E-state index >= 15 is 0 Å². The Bertz CT molecular complexity index is 866. The van der Waals surface area contributed by atoms with Crippen LogP contribution in [0.1, 0.15) is 21.5 Å². The van der Waals surface area contributed by atoms with Crippen LogP contribution in [0.5, 0.6) is 23.0 Å². The predicted molar refractivity (Wildman–Crippen MR) is 88.1 cm³/mol. The highest BCUT2D eigenvalue weighted by molar-refractivity contribution is 6.16. The van der Waals surface area contributed by atoms with Crippen molar-refractivity contribution in [3.63, 3.8) is 0 Å². The number of benzene rings is 2. The SMILES string of the molecule is COc1cc2c(cc1OC)C(=O)C(=Cc1ccc3c(c1)OCO3)C2. The fraction of sp³-hybridized carbons (Fsp3) is 0.211. The average Bonchev–Trinajstić information content (AvgIpc) is 3.18. The molecular weight excluding hydrogens is 308 g/mol. The molecular formula is C19H16O5. The molecule has 0 radical (unpaired) electrons. The lowest BCUT2D eigenvalue weighted by atomic mass is 10.1. The number of carbonyl (C=O) groups is 1. The number of fused-ring (bicyclic) bond motifs is 2. The molecule has 2 aromatic carbocycles. The van der Waals surface area contributed by atoms with E-state index in [1.807, 2.05) is 30.3 Å². The second-order valence-electron chi connectivity index (χ2n) is 5.65. The van der Waals surface area contributed by atoms with Crippen molar-refractivity contribution in [2.45, 2.75) is 6.42 Å². The minimum absolute atomic E-state index is 0.0172. The number of methoxy groups -OCH3 is 2. The van der Waals surface area contributed by atoms with E-state index in [4.69, 9.17) is 18.9 Å². The van der Waals surface area contributed by atoms with Crippen LogP contribution in [-0.4, -0.2) is 26.8 Å². The molecule has 0 unspecified atom stereocenters. The molecule has 0 bridgehead atoms. The van der Waals surface area contributed by atoms with E-state index in [1.165, 1.54) is 0 Å². The van der Waals surface area contributed by atoms with Crippen molar-refractivity contribution in [3.8, 4) is 23.0 Å². The Labute approximate surface area is 139 Å². The van der Waals surface area contributed by atoms with Crippen LogP contribution in [-0.2, 0) is 6.42 Å². The third-order valence-electron chi connectivity index (χ3n) is 4.26. The molecule has 5 heteroatoms. The number of allylic oxidation sites excluding steroid dienone is 1. The number of rotatable bonds is 3. The quantitative estimate of drug-likeness (QED) is 0.811. The van der Waals surface area contributed by atoms with Crippen LogP contribution in [0.4, 0.5) is 0 Å². The molecule has 0 spiro atoms. The molecule has 122 valence electrons. The molecule has 0 fully saturated rings. The summed E-state index contributed by atoms with van der Waals surface area (Å²) in [6.45, 7) is 0.235. The first-order valence-electron chi connectivity index (χ1n) is 7.59. The zero-order valence-electron chi connectivity index (χ0n) is 13.4. The van der Waals surface area contributed by atoms with Gasteiger partial charge in [-0.1, -0.05) is 6.07 Å². The Morgan fingerprint density at radius 2 is 1.75 bits per heavy atom. The van der Waals surface area contributed by atoms with Gasteiger partial charge in [-0.15, -0.1) is 0 Å². The molecule has 2 aliphatic rings. The van der Waals surface area contributed by atoms with Crippen LogP contribution in [0.25, 0.3) is 6.08 Å². The molecule has 0 aromatic heterocycles. The van der Waals surface area contributed by atoms with E-state index in [0.29, 0.717) is 29.2 Å². The molecule has 1 heterocycles. The lowest BCUT2D eigenvalue weighted by Gasteiger charge is -2.08. The highest BCUT2D eigenvalue weighted by atomic mass is 16.7. The topological polar surface area (TPSA) is 54.0 Å². The summed E-state index contributed by atoms with van der Waals surface area (Å²) < 4.78 is 21.3. The summed E-state index contributed by atoms with van der Waals surface area (Å²) in [7, 11) is 3.15. The zero-order chi connectivity index (χ0) is 16.7. The van der Waals surface area contributed by atoms with Crippen molar-refractivity contribution in [3.05, 3.63) is 52.6 Å². The molecule has 24 heavy (non-hydrogen) atoms. The van der Waals surface area contributed by atoms with E-state index in [2.05, 4.69) is 0 Å². The second-order valence-corrected chi connectivity index (χ2v) is 5.65. The normalized spacial score (nSPS) is 16.4. The smallest absolute Gasteiger partial charge is 0.231 e. The minimum Gasteiger partial charge on any atom is -0.493 e. The third-order valence-corrected chi connectivity index (χ3v) is 4.26. The maximum Gasteiger partial charge on any atom is 0.231 e. The molecule has 0 saturated heterocycles. The Morgan fingerprint density at radius 3 is 2.54 bits per heavy atom. The van der Waals surface area contributed by atoms with E-state index in [0.717, 1.165) is 22.4 Å². The van der Waals surface area contributed by atoms with Crippen molar-refractivity contribution in [1.29, 1.82) is 0 Å². The number of hydrogen-bond acceptors (Lipinski definition) is 5. The van der Waals surface area contributed by atoms with Crippen LogP contribution >= 0.6 is 0 Å². The maximum atomic E-state index is 12.7. The minimum atomic E-state index is 0.0172. The van der Waals surface area contributed by atoms with Crippen molar-refractivity contribution < 1.29 is 23.7 Å². The van der Waals surface area contributed by atoms with Crippen LogP contribution in [0.15, 0.2) is 35.9 Å². The largest absolute Gasteiger partial charge is 0.493 e. The monoisotopic (exact) mass is 324 g/mol. The highest BCUT2D eigenvalue weighted by Crippen LogP contribution is 2.38. The van der Waals surface area contributed by atoms with Crippen LogP contribution in [0.3, 0.4) is 0 Å². The van der Waals surface area contributed by atoms with Gasteiger partial charge in [0.2, 0.25) is 6.79 Å². The second kappa shape index (κ2) is 5.60. The third kappa shape index (κ3) is 2.29. The lowest BCUT2D eigenvalue weighted by molar-refractivity contribution is 0.104. The van der Waals surface area contributed by atoms with Gasteiger partial charge in [-0.25, -0.2) is 0 Å². The van der Waals surface area contributed by atoms with Gasteiger partial charge in [0.1, 0.15) is 0 Å². The van der Waals surface area contributed by atoms with Crippen LogP contribution in [0.2, 0.25) is 0 Å². The van der Waals surface area contributed by atoms with Crippen molar-refractivity contribution in [1.82, 2.24) is 0 Å². The summed E-state index contributed by atoms with van der Waals surface area (Å²) in [5, 5.41) is 0. The van der Waals surface area contributed by atoms with Gasteiger partial charge in [-0.3, -0.25) is 4.79 Å². The number of hydrogen-bond donors (Lipinski definition) is 0. The molecule has 5 nitrogen and oxygen atoms in total. The van der Waals surface area contributed by atoms with Crippen molar-refractivity contribution >= 4 is 11.9 Å². The molecule has 2 aromatic rings. The summed E-state index contributed by atoms with van der Waals surface area (Å²) in [5.41, 5.74) is 3.26. The molecule has 0 N–H and O–H groups in total. The zero-order valence-corrected chi connectivity index (χ0v) is 13.4. The summed E-state index contributed by atoms with van der Waals surface area (Å²) in [4.78, 5) is 12.7. The van der Waals surface area contributed by atoms with E-state index in [-0.39, 0.29) is 12.6 Å². The first kappa shape index (κ1) is 14.6. The molecule has 0 atom stereocenters. The number of Topliss-reactive ketones (excluding diaryl/α,β-unsaturated/α-hetero) is 1. The van der Waals surface area contributed by atoms with Gasteiger partial charge in [0.05, 0.1) is 14.2 Å². The van der Waals surface area contributed by atoms with Gasteiger partial charge in [-0.05, 0) is 41.5 Å². The van der Waals surface area contributed by atoms with Crippen LogP contribution < -0.4 is 18.9 Å². The number of carbonyl (C=O) groups excluding carboxylic acids is 1. The van der Waals surface area contributed by atoms with Gasteiger partial charge in [0.25, 0.3) is 0 Å². The fourth-order valence-corrected chi connectivity index (χ4v) is 3.06. The molecule has 0 amide bonds. The Balaban J connectivity index is 1.70. The fourth-order valence-electron chi connectivity index (χ4n) is 3.06. The average molecular weight is 324 g/mol. The van der Waals surface area contributed by atoms with Gasteiger partial charge < -0.3 is 18.9 Å². The summed E-state index contributed by atoms with van der Waals surface area (Å²) in [6.07, 6.45) is 2.46. The molecule has 1 aliphatic carbocycles. The number of ether oxygens (including phenoxy) is 4. The summed E-state index contributed by atoms with van der Waals surface area (Å²) in [5.74, 6) is 2.65. The highest BCUT2D eigenvalue weighted by Gasteiger charge is 2.27. The predicted octanol–water partition coefficient (Wildman–Crippen LogP) is 3.25. The molecule has 0 saturated carbocycles.